The van der Waals surface area contributed by atoms with Crippen LogP contribution in [0.1, 0.15) is 24.0 Å². The van der Waals surface area contributed by atoms with Crippen LogP contribution in [0.5, 0.6) is 0 Å². The van der Waals surface area contributed by atoms with Gasteiger partial charge in [0.1, 0.15) is 6.21 Å². The summed E-state index contributed by atoms with van der Waals surface area (Å²) in [4.78, 5) is 27.8. The molecular formula is C15H18ClN3O3. The smallest absolute Gasteiger partial charge is 0.270 e. The number of amides is 2. The Hall–Kier alpha value is -2.08. The molecule has 22 heavy (non-hydrogen) atoms. The van der Waals surface area contributed by atoms with E-state index in [1.165, 1.54) is 0 Å². The lowest BCUT2D eigenvalue weighted by molar-refractivity contribution is -0.126. The van der Waals surface area contributed by atoms with Gasteiger partial charge in [-0.25, -0.2) is 0 Å². The lowest BCUT2D eigenvalue weighted by Crippen LogP contribution is -2.28. The number of hydrogen-bond acceptors (Lipinski definition) is 4. The van der Waals surface area contributed by atoms with Crippen LogP contribution in [0.3, 0.4) is 0 Å². The van der Waals surface area contributed by atoms with Crippen LogP contribution in [0.25, 0.3) is 0 Å². The number of nitrogens with one attached hydrogen (secondary N) is 2. The minimum atomic E-state index is -0.476. The second-order valence-corrected chi connectivity index (χ2v) is 5.68. The van der Waals surface area contributed by atoms with Crippen LogP contribution in [0.4, 0.5) is 5.69 Å². The fraction of sp³-hybridized carbons (Fsp3) is 0.400. The molecule has 118 valence electrons. The second kappa shape index (κ2) is 7.26. The van der Waals surface area contributed by atoms with E-state index in [1.54, 1.807) is 6.07 Å². The molecule has 6 nitrogen and oxygen atoms in total. The largest absolute Gasteiger partial charge is 0.386 e. The van der Waals surface area contributed by atoms with Crippen LogP contribution in [0, 0.1) is 13.8 Å². The standard InChI is InChI=1S/C15H18ClN3O3/c1-9-5-10(2)15(12(16)6-9)19-13(20)7-17-22-8-14(21)18-11-3-4-11/h5-7,11H,3-4,8H2,1-2H3,(H,18,21)(H,19,20). The van der Waals surface area contributed by atoms with Crippen molar-refractivity contribution in [3.8, 4) is 0 Å². The first-order valence-electron chi connectivity index (χ1n) is 6.98. The number of carbonyl (C=O) groups excluding carboxylic acids is 2. The summed E-state index contributed by atoms with van der Waals surface area (Å²) in [6.45, 7) is 3.57. The molecule has 1 aliphatic rings. The van der Waals surface area contributed by atoms with Gasteiger partial charge in [0, 0.05) is 6.04 Å². The molecule has 1 saturated carbocycles. The highest BCUT2D eigenvalue weighted by Gasteiger charge is 2.23. The maximum Gasteiger partial charge on any atom is 0.270 e. The fourth-order valence-corrected chi connectivity index (χ4v) is 2.28. The maximum absolute atomic E-state index is 11.7. The van der Waals surface area contributed by atoms with E-state index in [9.17, 15) is 9.59 Å². The van der Waals surface area contributed by atoms with Crippen molar-refractivity contribution in [3.63, 3.8) is 0 Å². The van der Waals surface area contributed by atoms with Crippen LogP contribution in [-0.4, -0.2) is 30.7 Å². The van der Waals surface area contributed by atoms with E-state index in [-0.39, 0.29) is 18.6 Å². The summed E-state index contributed by atoms with van der Waals surface area (Å²) in [6.07, 6.45) is 2.99. The second-order valence-electron chi connectivity index (χ2n) is 5.28. The Kier molecular flexibility index (Phi) is 5.38. The zero-order valence-electron chi connectivity index (χ0n) is 12.5. The summed E-state index contributed by atoms with van der Waals surface area (Å²) in [5.41, 5.74) is 2.41. The predicted molar refractivity (Wildman–Crippen MR) is 85.2 cm³/mol. The van der Waals surface area contributed by atoms with Gasteiger partial charge in [0.2, 0.25) is 0 Å². The number of hydrogen-bond donors (Lipinski definition) is 2. The van der Waals surface area contributed by atoms with E-state index >= 15 is 0 Å². The Morgan fingerprint density at radius 2 is 2.14 bits per heavy atom. The van der Waals surface area contributed by atoms with Gasteiger partial charge in [-0.05, 0) is 43.9 Å². The van der Waals surface area contributed by atoms with Crippen molar-refractivity contribution in [3.05, 3.63) is 28.3 Å². The lowest BCUT2D eigenvalue weighted by atomic mass is 10.1. The molecule has 0 atom stereocenters. The van der Waals surface area contributed by atoms with Gasteiger partial charge in [0.15, 0.2) is 6.61 Å². The van der Waals surface area contributed by atoms with Crippen LogP contribution < -0.4 is 10.6 Å². The SMILES string of the molecule is Cc1cc(C)c(NC(=O)C=NOCC(=O)NC2CC2)c(Cl)c1. The van der Waals surface area contributed by atoms with Crippen LogP contribution in [-0.2, 0) is 14.4 Å². The summed E-state index contributed by atoms with van der Waals surface area (Å²) >= 11 is 6.09. The molecule has 0 spiro atoms. The topological polar surface area (TPSA) is 79.8 Å². The van der Waals surface area contributed by atoms with E-state index < -0.39 is 5.91 Å². The number of carbonyl (C=O) groups is 2. The Balaban J connectivity index is 1.79. The van der Waals surface area contributed by atoms with Crippen molar-refractivity contribution < 1.29 is 14.4 Å². The summed E-state index contributed by atoms with van der Waals surface area (Å²) in [6, 6.07) is 3.95. The third kappa shape index (κ3) is 5.04. The Morgan fingerprint density at radius 1 is 1.41 bits per heavy atom. The van der Waals surface area contributed by atoms with Gasteiger partial charge in [-0.3, -0.25) is 9.59 Å². The highest BCUT2D eigenvalue weighted by Crippen LogP contribution is 2.27. The first kappa shape index (κ1) is 16.3. The number of anilines is 1. The molecule has 2 N–H and O–H groups in total. The van der Waals surface area contributed by atoms with E-state index in [4.69, 9.17) is 16.4 Å². The Morgan fingerprint density at radius 3 is 2.77 bits per heavy atom. The van der Waals surface area contributed by atoms with Crippen molar-refractivity contribution in [2.75, 3.05) is 11.9 Å². The third-order valence-corrected chi connectivity index (χ3v) is 3.36. The first-order valence-corrected chi connectivity index (χ1v) is 7.36. The highest BCUT2D eigenvalue weighted by atomic mass is 35.5. The van der Waals surface area contributed by atoms with E-state index in [1.807, 2.05) is 19.9 Å². The molecule has 0 aromatic heterocycles. The molecule has 0 heterocycles. The molecule has 2 amide bonds. The molecule has 1 aromatic rings. The lowest BCUT2D eigenvalue weighted by Gasteiger charge is -2.09. The number of aryl methyl sites for hydroxylation is 2. The molecular weight excluding hydrogens is 306 g/mol. The number of halogens is 1. The Bertz CT molecular complexity index is 589. The summed E-state index contributed by atoms with van der Waals surface area (Å²) in [5.74, 6) is -0.714. The van der Waals surface area contributed by atoms with Gasteiger partial charge in [-0.1, -0.05) is 22.8 Å². The van der Waals surface area contributed by atoms with Gasteiger partial charge < -0.3 is 15.5 Å². The number of oxime groups is 1. The molecule has 1 fully saturated rings. The van der Waals surface area contributed by atoms with Gasteiger partial charge >= 0.3 is 0 Å². The maximum atomic E-state index is 11.7. The van der Waals surface area contributed by atoms with Crippen LogP contribution >= 0.6 is 11.6 Å². The van der Waals surface area contributed by atoms with E-state index in [0.29, 0.717) is 10.7 Å². The van der Waals surface area contributed by atoms with Gasteiger partial charge in [0.05, 0.1) is 10.7 Å². The van der Waals surface area contributed by atoms with Crippen molar-refractivity contribution >= 4 is 35.3 Å². The molecule has 7 heteroatoms. The van der Waals surface area contributed by atoms with Crippen molar-refractivity contribution in [1.29, 1.82) is 0 Å². The van der Waals surface area contributed by atoms with E-state index in [2.05, 4.69) is 15.8 Å². The monoisotopic (exact) mass is 323 g/mol. The molecule has 0 unspecified atom stereocenters. The van der Waals surface area contributed by atoms with Crippen molar-refractivity contribution in [2.45, 2.75) is 32.7 Å². The highest BCUT2D eigenvalue weighted by molar-refractivity contribution is 6.37. The van der Waals surface area contributed by atoms with Gasteiger partial charge in [-0.2, -0.15) is 0 Å². The number of benzene rings is 1. The van der Waals surface area contributed by atoms with Crippen molar-refractivity contribution in [1.82, 2.24) is 5.32 Å². The normalized spacial score (nSPS) is 14.0. The summed E-state index contributed by atoms with van der Waals surface area (Å²) in [7, 11) is 0. The predicted octanol–water partition coefficient (Wildman–Crippen LogP) is 2.18. The van der Waals surface area contributed by atoms with Gasteiger partial charge in [-0.15, -0.1) is 0 Å². The quantitative estimate of drug-likeness (QED) is 0.622. The minimum Gasteiger partial charge on any atom is -0.386 e. The summed E-state index contributed by atoms with van der Waals surface area (Å²) in [5, 5.41) is 9.31. The molecule has 1 aromatic carbocycles. The molecule has 0 radical (unpaired) electrons. The van der Waals surface area contributed by atoms with Crippen LogP contribution in [0.15, 0.2) is 17.3 Å². The average Bonchev–Trinajstić information content (AvgIpc) is 3.23. The molecule has 2 rings (SSSR count). The average molecular weight is 324 g/mol. The number of nitrogens with zero attached hydrogens (tertiary/aromatic N) is 1. The zero-order valence-corrected chi connectivity index (χ0v) is 13.2. The Labute approximate surface area is 133 Å². The zero-order chi connectivity index (χ0) is 16.1. The molecule has 0 aliphatic heterocycles. The first-order chi connectivity index (χ1) is 10.5. The number of rotatable bonds is 6. The van der Waals surface area contributed by atoms with E-state index in [0.717, 1.165) is 30.2 Å². The van der Waals surface area contributed by atoms with Crippen molar-refractivity contribution in [2.24, 2.45) is 5.16 Å². The third-order valence-electron chi connectivity index (χ3n) is 3.06. The van der Waals surface area contributed by atoms with Crippen LogP contribution in [0.2, 0.25) is 5.02 Å². The minimum absolute atomic E-state index is 0.204. The summed E-state index contributed by atoms with van der Waals surface area (Å²) < 4.78 is 0. The molecule has 0 saturated heterocycles. The molecule has 1 aliphatic carbocycles. The van der Waals surface area contributed by atoms with Gasteiger partial charge in [0.25, 0.3) is 11.8 Å². The fourth-order valence-electron chi connectivity index (χ4n) is 1.91. The molecule has 0 bridgehead atoms.